The molecule has 1 saturated heterocycles. The second-order valence-electron chi connectivity index (χ2n) is 7.62. The predicted molar refractivity (Wildman–Crippen MR) is 113 cm³/mol. The Bertz CT molecular complexity index is 1220. The number of carbonyl (C=O) groups is 2. The first-order valence-electron chi connectivity index (χ1n) is 9.67. The maximum atomic E-state index is 14.2. The van der Waals surface area contributed by atoms with Gasteiger partial charge in [-0.3, -0.25) is 14.7 Å². The summed E-state index contributed by atoms with van der Waals surface area (Å²) in [6, 6.07) is -1.18. The number of halogens is 5. The maximum Gasteiger partial charge on any atom is 0.335 e. The molecule has 1 aromatic carbocycles. The first kappa shape index (κ1) is 24.1. The Balaban J connectivity index is 1.84. The number of aliphatic imine (C=N–C) groups is 1. The highest BCUT2D eigenvalue weighted by molar-refractivity contribution is 7.11. The van der Waals surface area contributed by atoms with E-state index < -0.39 is 71.7 Å². The third-order valence-corrected chi connectivity index (χ3v) is 6.53. The molecule has 0 bridgehead atoms. The molecule has 0 spiro atoms. The van der Waals surface area contributed by atoms with Gasteiger partial charge in [0, 0.05) is 35.8 Å². The van der Waals surface area contributed by atoms with Crippen molar-refractivity contribution in [1.29, 1.82) is 0 Å². The number of thiazole rings is 1. The number of hydrogen-bond donors (Lipinski definition) is 3. The van der Waals surface area contributed by atoms with Gasteiger partial charge >= 0.3 is 11.9 Å². The van der Waals surface area contributed by atoms with Crippen LogP contribution in [0.3, 0.4) is 0 Å². The fourth-order valence-electron chi connectivity index (χ4n) is 3.89. The van der Waals surface area contributed by atoms with E-state index in [4.69, 9.17) is 11.6 Å². The average molecular weight is 519 g/mol. The lowest BCUT2D eigenvalue weighted by Gasteiger charge is -2.30. The first-order valence-corrected chi connectivity index (χ1v) is 10.9. The molecular formula is C20H15ClF4N4O4S. The third kappa shape index (κ3) is 4.50. The summed E-state index contributed by atoms with van der Waals surface area (Å²) < 4.78 is 55.9. The fourth-order valence-corrected chi connectivity index (χ4v) is 4.74. The summed E-state index contributed by atoms with van der Waals surface area (Å²) in [5.41, 5.74) is -0.803. The van der Waals surface area contributed by atoms with Crippen molar-refractivity contribution in [3.05, 3.63) is 62.2 Å². The fraction of sp³-hybridized carbons (Fsp3) is 0.300. The van der Waals surface area contributed by atoms with E-state index in [1.807, 2.05) is 0 Å². The van der Waals surface area contributed by atoms with Crippen LogP contribution in [0.15, 0.2) is 40.0 Å². The zero-order chi connectivity index (χ0) is 24.8. The summed E-state index contributed by atoms with van der Waals surface area (Å²) >= 11 is 7.10. The van der Waals surface area contributed by atoms with Gasteiger partial charge in [0.2, 0.25) is 0 Å². The third-order valence-electron chi connectivity index (χ3n) is 5.36. The van der Waals surface area contributed by atoms with Gasteiger partial charge < -0.3 is 15.5 Å². The number of likely N-dealkylation sites (tertiary alicyclic amines) is 1. The van der Waals surface area contributed by atoms with Gasteiger partial charge in [0.15, 0.2) is 22.5 Å². The van der Waals surface area contributed by atoms with Gasteiger partial charge in [-0.2, -0.15) is 0 Å². The van der Waals surface area contributed by atoms with Crippen LogP contribution >= 0.6 is 22.9 Å². The molecule has 3 N–H and O–H groups in total. The number of aliphatic carboxylic acids is 2. The summed E-state index contributed by atoms with van der Waals surface area (Å²) in [6.45, 7) is -1.43. The highest BCUT2D eigenvalue weighted by Gasteiger charge is 2.49. The van der Waals surface area contributed by atoms with Crippen LogP contribution < -0.4 is 5.32 Å². The molecule has 1 aromatic heterocycles. The number of benzene rings is 1. The van der Waals surface area contributed by atoms with Gasteiger partial charge in [0.1, 0.15) is 12.1 Å². The monoisotopic (exact) mass is 518 g/mol. The summed E-state index contributed by atoms with van der Waals surface area (Å²) in [5, 5.41) is 23.3. The van der Waals surface area contributed by atoms with Crippen LogP contribution in [0.5, 0.6) is 0 Å². The first-order chi connectivity index (χ1) is 16.0. The van der Waals surface area contributed by atoms with Gasteiger partial charge in [-0.15, -0.1) is 11.3 Å². The Labute approximate surface area is 198 Å². The molecule has 2 aliphatic heterocycles. The van der Waals surface area contributed by atoms with Crippen molar-refractivity contribution in [2.24, 2.45) is 4.99 Å². The van der Waals surface area contributed by atoms with Crippen LogP contribution in [0.1, 0.15) is 23.0 Å². The van der Waals surface area contributed by atoms with Crippen LogP contribution in [-0.4, -0.2) is 62.9 Å². The Morgan fingerprint density at radius 3 is 2.65 bits per heavy atom. The normalized spacial score (nSPS) is 22.4. The Morgan fingerprint density at radius 2 is 2.03 bits per heavy atom. The highest BCUT2D eigenvalue weighted by Crippen LogP contribution is 2.39. The van der Waals surface area contributed by atoms with E-state index in [9.17, 15) is 37.4 Å². The predicted octanol–water partition coefficient (Wildman–Crippen LogP) is 3.30. The number of alkyl halides is 2. The van der Waals surface area contributed by atoms with Crippen molar-refractivity contribution >= 4 is 40.7 Å². The van der Waals surface area contributed by atoms with Gasteiger partial charge in [-0.05, 0) is 6.07 Å². The van der Waals surface area contributed by atoms with Crippen molar-refractivity contribution in [2.75, 3.05) is 13.1 Å². The number of carboxylic acids is 2. The average Bonchev–Trinajstić information content (AvgIpc) is 3.39. The molecule has 3 heterocycles. The molecule has 4 rings (SSSR count). The molecule has 14 heteroatoms. The molecule has 0 unspecified atom stereocenters. The largest absolute Gasteiger partial charge is 0.480 e. The number of hydrogen-bond acceptors (Lipinski definition) is 7. The zero-order valence-electron chi connectivity index (χ0n) is 16.9. The molecule has 0 radical (unpaired) electrons. The molecule has 180 valence electrons. The SMILES string of the molecule is O=C(O)C1=C(CN2CC(F)(F)C[C@H]2C(=O)O)NC(c2nccs2)=N[C@H]1c1ccc(F)c(F)c1Cl. The van der Waals surface area contributed by atoms with Gasteiger partial charge in [-0.25, -0.2) is 27.3 Å². The van der Waals surface area contributed by atoms with Crippen LogP contribution in [0.2, 0.25) is 5.02 Å². The lowest BCUT2D eigenvalue weighted by molar-refractivity contribution is -0.142. The zero-order valence-corrected chi connectivity index (χ0v) is 18.5. The number of nitrogens with zero attached hydrogens (tertiary/aromatic N) is 3. The highest BCUT2D eigenvalue weighted by atomic mass is 35.5. The summed E-state index contributed by atoms with van der Waals surface area (Å²) in [6.07, 6.45) is 0.505. The van der Waals surface area contributed by atoms with Crippen molar-refractivity contribution in [1.82, 2.24) is 15.2 Å². The second-order valence-corrected chi connectivity index (χ2v) is 8.90. The molecule has 34 heavy (non-hydrogen) atoms. The standard InChI is InChI=1S/C20H15ClF4N4O4S/c21-13-8(1-2-9(22)14(13)23)15-12(19(32)33)10(27-16(28-15)17-26-3-4-34-17)6-29-7-20(24,25)5-11(29)18(30)31/h1-4,11,15H,5-7H2,(H,27,28)(H,30,31)(H,32,33)/t11-,15-/m0/s1. The minimum absolute atomic E-state index is 0.0404. The van der Waals surface area contributed by atoms with E-state index in [1.165, 1.54) is 6.20 Å². The molecule has 2 aromatic rings. The number of nitrogens with one attached hydrogen (secondary N) is 1. The number of carboxylic acid groups (broad SMARTS) is 2. The van der Waals surface area contributed by atoms with Crippen LogP contribution in [0.25, 0.3) is 0 Å². The Hall–Kier alpha value is -3.03. The van der Waals surface area contributed by atoms with E-state index >= 15 is 0 Å². The number of amidine groups is 1. The molecule has 0 aliphatic carbocycles. The molecule has 0 saturated carbocycles. The van der Waals surface area contributed by atoms with Gasteiger partial charge in [0.25, 0.3) is 5.92 Å². The topological polar surface area (TPSA) is 115 Å². The maximum absolute atomic E-state index is 14.2. The smallest absolute Gasteiger partial charge is 0.335 e. The minimum atomic E-state index is -3.29. The molecular weight excluding hydrogens is 504 g/mol. The Kier molecular flexibility index (Phi) is 6.36. The van der Waals surface area contributed by atoms with Crippen LogP contribution in [0.4, 0.5) is 17.6 Å². The summed E-state index contributed by atoms with van der Waals surface area (Å²) in [4.78, 5) is 33.1. The number of rotatable bonds is 6. The van der Waals surface area contributed by atoms with Crippen molar-refractivity contribution < 1.29 is 37.4 Å². The van der Waals surface area contributed by atoms with E-state index in [2.05, 4.69) is 15.3 Å². The van der Waals surface area contributed by atoms with Crippen LogP contribution in [0, 0.1) is 11.6 Å². The van der Waals surface area contributed by atoms with Crippen molar-refractivity contribution in [3.63, 3.8) is 0 Å². The minimum Gasteiger partial charge on any atom is -0.480 e. The van der Waals surface area contributed by atoms with Crippen LogP contribution in [-0.2, 0) is 9.59 Å². The summed E-state index contributed by atoms with van der Waals surface area (Å²) in [7, 11) is 0. The lowest BCUT2D eigenvalue weighted by atomic mass is 9.95. The van der Waals surface area contributed by atoms with Gasteiger partial charge in [0.05, 0.1) is 17.1 Å². The van der Waals surface area contributed by atoms with Crippen molar-refractivity contribution in [2.45, 2.75) is 24.4 Å². The molecule has 0 amide bonds. The van der Waals surface area contributed by atoms with Crippen molar-refractivity contribution in [3.8, 4) is 0 Å². The quantitative estimate of drug-likeness (QED) is 0.397. The molecule has 2 atom stereocenters. The van der Waals surface area contributed by atoms with E-state index in [0.717, 1.165) is 28.4 Å². The van der Waals surface area contributed by atoms with E-state index in [-0.39, 0.29) is 17.1 Å². The summed E-state index contributed by atoms with van der Waals surface area (Å²) in [5.74, 6) is -8.93. The molecule has 2 aliphatic rings. The molecule has 8 nitrogen and oxygen atoms in total. The second kappa shape index (κ2) is 8.96. The van der Waals surface area contributed by atoms with Gasteiger partial charge in [-0.1, -0.05) is 17.7 Å². The number of aromatic nitrogens is 1. The molecule has 1 fully saturated rings. The lowest BCUT2D eigenvalue weighted by Crippen LogP contribution is -2.43. The van der Waals surface area contributed by atoms with E-state index in [1.54, 1.807) is 5.38 Å². The Morgan fingerprint density at radius 1 is 1.29 bits per heavy atom. The van der Waals surface area contributed by atoms with E-state index in [0.29, 0.717) is 5.01 Å².